The van der Waals surface area contributed by atoms with E-state index >= 15 is 0 Å². The maximum absolute atomic E-state index is 12.6. The molecule has 0 fully saturated rings. The van der Waals surface area contributed by atoms with Crippen molar-refractivity contribution in [3.05, 3.63) is 76.4 Å². The Hall–Kier alpha value is -2.39. The van der Waals surface area contributed by atoms with Crippen LogP contribution in [0.2, 0.25) is 5.02 Å². The minimum absolute atomic E-state index is 0.0235. The maximum atomic E-state index is 12.6. The Balaban J connectivity index is 1.52. The van der Waals surface area contributed by atoms with Gasteiger partial charge in [-0.3, -0.25) is 4.57 Å². The van der Waals surface area contributed by atoms with Gasteiger partial charge in [-0.2, -0.15) is 0 Å². The number of sulfone groups is 1. The zero-order valence-electron chi connectivity index (χ0n) is 19.4. The van der Waals surface area contributed by atoms with Gasteiger partial charge >= 0.3 is 0 Å². The van der Waals surface area contributed by atoms with Crippen LogP contribution >= 0.6 is 22.9 Å². The van der Waals surface area contributed by atoms with E-state index in [1.807, 2.05) is 84.4 Å². The first-order valence-electron chi connectivity index (χ1n) is 11.0. The quantitative estimate of drug-likeness (QED) is 0.268. The Kier molecular flexibility index (Phi) is 7.62. The third kappa shape index (κ3) is 5.99. The summed E-state index contributed by atoms with van der Waals surface area (Å²) < 4.78 is 33.3. The number of benzene rings is 2. The SMILES string of the molecule is C[C@@H](Oc1csc(-n2cnc3ccc(CS(=O)(=O)CCCN(C)C)cc32)c1)c1ccccc1Cl. The normalized spacial score (nSPS) is 13.0. The number of aromatic nitrogens is 2. The van der Waals surface area contributed by atoms with Crippen LogP contribution in [-0.4, -0.2) is 49.3 Å². The van der Waals surface area contributed by atoms with E-state index in [-0.39, 0.29) is 17.6 Å². The number of ether oxygens (including phenoxy) is 1. The van der Waals surface area contributed by atoms with Crippen molar-refractivity contribution in [2.24, 2.45) is 0 Å². The van der Waals surface area contributed by atoms with Crippen molar-refractivity contribution in [3.63, 3.8) is 0 Å². The molecule has 0 spiro atoms. The molecule has 2 aromatic carbocycles. The minimum atomic E-state index is -3.18. The highest BCUT2D eigenvalue weighted by atomic mass is 35.5. The molecular weight excluding hydrogens is 490 g/mol. The third-order valence-electron chi connectivity index (χ3n) is 5.51. The van der Waals surface area contributed by atoms with Gasteiger partial charge in [0.05, 0.1) is 22.5 Å². The standard InChI is InChI=1S/C25H28ClN3O3S2/c1-18(21-7-4-5-8-22(21)26)32-20-14-25(33-15-20)29-17-27-23-10-9-19(13-24(23)29)16-34(30,31)12-6-11-28(2)3/h4-5,7-10,13-15,17-18H,6,11-12,16H2,1-3H3/t18-/m1/s1. The molecule has 0 bridgehead atoms. The van der Waals surface area contributed by atoms with Gasteiger partial charge in [0, 0.05) is 22.0 Å². The Labute approximate surface area is 209 Å². The first-order chi connectivity index (χ1) is 16.2. The molecule has 6 nitrogen and oxygen atoms in total. The molecule has 0 N–H and O–H groups in total. The van der Waals surface area contributed by atoms with E-state index in [1.165, 1.54) is 11.3 Å². The van der Waals surface area contributed by atoms with Crippen LogP contribution < -0.4 is 4.74 Å². The second-order valence-electron chi connectivity index (χ2n) is 8.59. The summed E-state index contributed by atoms with van der Waals surface area (Å²) in [6.45, 7) is 2.72. The summed E-state index contributed by atoms with van der Waals surface area (Å²) in [5.74, 6) is 0.946. The van der Waals surface area contributed by atoms with E-state index in [2.05, 4.69) is 4.98 Å². The highest BCUT2D eigenvalue weighted by Crippen LogP contribution is 2.32. The van der Waals surface area contributed by atoms with Crippen molar-refractivity contribution in [2.75, 3.05) is 26.4 Å². The lowest BCUT2D eigenvalue weighted by Crippen LogP contribution is -2.18. The zero-order chi connectivity index (χ0) is 24.3. The van der Waals surface area contributed by atoms with E-state index < -0.39 is 9.84 Å². The molecule has 34 heavy (non-hydrogen) atoms. The number of halogens is 1. The van der Waals surface area contributed by atoms with Gasteiger partial charge in [-0.15, -0.1) is 11.3 Å². The fraction of sp³-hybridized carbons (Fsp3) is 0.320. The number of hydrogen-bond acceptors (Lipinski definition) is 6. The molecule has 0 aliphatic carbocycles. The number of imidazole rings is 1. The zero-order valence-corrected chi connectivity index (χ0v) is 21.8. The highest BCUT2D eigenvalue weighted by molar-refractivity contribution is 7.90. The average molecular weight is 518 g/mol. The maximum Gasteiger partial charge on any atom is 0.154 e. The monoisotopic (exact) mass is 517 g/mol. The molecule has 0 unspecified atom stereocenters. The van der Waals surface area contributed by atoms with Gasteiger partial charge < -0.3 is 9.64 Å². The summed E-state index contributed by atoms with van der Waals surface area (Å²) in [5.41, 5.74) is 3.38. The van der Waals surface area contributed by atoms with Crippen LogP contribution in [0.25, 0.3) is 16.0 Å². The third-order valence-corrected chi connectivity index (χ3v) is 8.45. The van der Waals surface area contributed by atoms with Gasteiger partial charge in [0.2, 0.25) is 0 Å². The number of nitrogens with zero attached hydrogens (tertiary/aromatic N) is 3. The molecule has 0 aliphatic heterocycles. The largest absolute Gasteiger partial charge is 0.485 e. The van der Waals surface area contributed by atoms with Gasteiger partial charge in [-0.05, 0) is 57.7 Å². The minimum Gasteiger partial charge on any atom is -0.485 e. The molecule has 0 saturated heterocycles. The van der Waals surface area contributed by atoms with Gasteiger partial charge in [-0.1, -0.05) is 35.9 Å². The molecule has 2 heterocycles. The molecule has 0 aliphatic rings. The molecule has 180 valence electrons. The molecule has 0 saturated carbocycles. The van der Waals surface area contributed by atoms with Crippen LogP contribution in [0.5, 0.6) is 5.75 Å². The van der Waals surface area contributed by atoms with Gasteiger partial charge in [0.1, 0.15) is 23.2 Å². The Morgan fingerprint density at radius 2 is 1.97 bits per heavy atom. The van der Waals surface area contributed by atoms with E-state index in [0.717, 1.165) is 39.5 Å². The first-order valence-corrected chi connectivity index (χ1v) is 14.1. The van der Waals surface area contributed by atoms with Crippen molar-refractivity contribution in [3.8, 4) is 10.8 Å². The lowest BCUT2D eigenvalue weighted by molar-refractivity contribution is 0.228. The Bertz CT molecular complexity index is 1380. The van der Waals surface area contributed by atoms with Crippen LogP contribution in [-0.2, 0) is 15.6 Å². The van der Waals surface area contributed by atoms with Gasteiger partial charge in [-0.25, -0.2) is 13.4 Å². The second kappa shape index (κ2) is 10.5. The summed E-state index contributed by atoms with van der Waals surface area (Å²) in [6, 6.07) is 15.3. The fourth-order valence-electron chi connectivity index (χ4n) is 3.81. The van der Waals surface area contributed by atoms with Crippen LogP contribution in [0.1, 0.15) is 30.6 Å². The van der Waals surface area contributed by atoms with Crippen LogP contribution in [0, 0.1) is 0 Å². The van der Waals surface area contributed by atoms with Gasteiger partial charge in [0.15, 0.2) is 9.84 Å². The molecule has 1 atom stereocenters. The molecule has 9 heteroatoms. The lowest BCUT2D eigenvalue weighted by Gasteiger charge is -2.15. The average Bonchev–Trinajstić information content (AvgIpc) is 3.39. The number of hydrogen-bond donors (Lipinski definition) is 0. The van der Waals surface area contributed by atoms with E-state index in [4.69, 9.17) is 16.3 Å². The Morgan fingerprint density at radius 3 is 2.74 bits per heavy atom. The number of rotatable bonds is 10. The van der Waals surface area contributed by atoms with E-state index in [9.17, 15) is 8.42 Å². The van der Waals surface area contributed by atoms with Crippen molar-refractivity contribution >= 4 is 43.8 Å². The topological polar surface area (TPSA) is 64.4 Å². The van der Waals surface area contributed by atoms with E-state index in [1.54, 1.807) is 6.33 Å². The predicted octanol–water partition coefficient (Wildman–Crippen LogP) is 5.75. The second-order valence-corrected chi connectivity index (χ2v) is 12.1. The van der Waals surface area contributed by atoms with Crippen molar-refractivity contribution in [1.82, 2.24) is 14.5 Å². The van der Waals surface area contributed by atoms with Crippen LogP contribution in [0.15, 0.2) is 60.2 Å². The van der Waals surface area contributed by atoms with Crippen molar-refractivity contribution < 1.29 is 13.2 Å². The summed E-state index contributed by atoms with van der Waals surface area (Å²) in [5, 5.41) is 3.57. The molecule has 4 aromatic rings. The lowest BCUT2D eigenvalue weighted by atomic mass is 10.1. The predicted molar refractivity (Wildman–Crippen MR) is 140 cm³/mol. The van der Waals surface area contributed by atoms with Crippen LogP contribution in [0.4, 0.5) is 0 Å². The van der Waals surface area contributed by atoms with Crippen molar-refractivity contribution in [1.29, 1.82) is 0 Å². The summed E-state index contributed by atoms with van der Waals surface area (Å²) >= 11 is 7.84. The smallest absolute Gasteiger partial charge is 0.154 e. The van der Waals surface area contributed by atoms with E-state index in [0.29, 0.717) is 11.4 Å². The van der Waals surface area contributed by atoms with Crippen molar-refractivity contribution in [2.45, 2.75) is 25.2 Å². The summed E-state index contributed by atoms with van der Waals surface area (Å²) in [7, 11) is 0.706. The molecule has 0 amide bonds. The Morgan fingerprint density at radius 1 is 1.18 bits per heavy atom. The summed E-state index contributed by atoms with van der Waals surface area (Å²) in [4.78, 5) is 6.48. The van der Waals surface area contributed by atoms with Gasteiger partial charge in [0.25, 0.3) is 0 Å². The first kappa shape index (κ1) is 24.7. The highest BCUT2D eigenvalue weighted by Gasteiger charge is 2.16. The fourth-order valence-corrected chi connectivity index (χ4v) is 6.31. The number of fused-ring (bicyclic) bond motifs is 1. The number of thiophene rings is 1. The molecule has 2 aromatic heterocycles. The summed E-state index contributed by atoms with van der Waals surface area (Å²) in [6.07, 6.45) is 2.19. The molecule has 0 radical (unpaired) electrons. The molecule has 4 rings (SSSR count). The van der Waals surface area contributed by atoms with Crippen LogP contribution in [0.3, 0.4) is 0 Å². The molecular formula is C25H28ClN3O3S2.